The molecule has 2 aromatic rings. The lowest BCUT2D eigenvalue weighted by Gasteiger charge is -2.36. The number of para-hydroxylation sites is 1. The molecule has 1 aromatic carbocycles. The molecule has 0 bridgehead atoms. The fourth-order valence-electron chi connectivity index (χ4n) is 3.30. The molecule has 1 aliphatic rings. The molecule has 0 aliphatic carbocycles. The fourth-order valence-corrected chi connectivity index (χ4v) is 3.56. The van der Waals surface area contributed by atoms with E-state index in [1.54, 1.807) is 11.1 Å². The Kier molecular flexibility index (Phi) is 6.34. The summed E-state index contributed by atoms with van der Waals surface area (Å²) in [7, 11) is 0. The second-order valence-corrected chi connectivity index (χ2v) is 6.93. The van der Waals surface area contributed by atoms with Crippen molar-refractivity contribution < 1.29 is 4.79 Å². The van der Waals surface area contributed by atoms with E-state index in [1.165, 1.54) is 0 Å². The molecule has 0 spiro atoms. The monoisotopic (exact) mass is 372 g/mol. The minimum atomic E-state index is -0.0378. The molecule has 5 nitrogen and oxygen atoms in total. The number of urea groups is 1. The van der Waals surface area contributed by atoms with Crippen LogP contribution in [0.5, 0.6) is 0 Å². The Morgan fingerprint density at radius 2 is 2.12 bits per heavy atom. The Labute approximate surface area is 160 Å². The van der Waals surface area contributed by atoms with E-state index < -0.39 is 0 Å². The summed E-state index contributed by atoms with van der Waals surface area (Å²) >= 11 is 6.33. The zero-order valence-corrected chi connectivity index (χ0v) is 15.8. The molecule has 1 aromatic heterocycles. The molecule has 2 amide bonds. The molecule has 3 rings (SSSR count). The Morgan fingerprint density at radius 1 is 1.31 bits per heavy atom. The number of amides is 2. The average Bonchev–Trinajstić information content (AvgIpc) is 2.67. The van der Waals surface area contributed by atoms with Crippen LogP contribution in [0.15, 0.2) is 48.7 Å². The lowest BCUT2D eigenvalue weighted by molar-refractivity contribution is 0.191. The van der Waals surface area contributed by atoms with Gasteiger partial charge >= 0.3 is 6.03 Å². The maximum absolute atomic E-state index is 12.7. The Balaban J connectivity index is 1.60. The summed E-state index contributed by atoms with van der Waals surface area (Å²) in [5.74, 6) is 0. The van der Waals surface area contributed by atoms with Crippen LogP contribution in [0.3, 0.4) is 0 Å². The van der Waals surface area contributed by atoms with E-state index in [2.05, 4.69) is 15.2 Å². The van der Waals surface area contributed by atoms with Crippen LogP contribution in [0.1, 0.15) is 25.5 Å². The van der Waals surface area contributed by atoms with Crippen molar-refractivity contribution in [2.45, 2.75) is 32.4 Å². The highest BCUT2D eigenvalue weighted by Crippen LogP contribution is 2.27. The molecule has 2 heterocycles. The van der Waals surface area contributed by atoms with Crippen LogP contribution in [0.25, 0.3) is 0 Å². The number of benzene rings is 1. The van der Waals surface area contributed by atoms with E-state index in [0.717, 1.165) is 42.3 Å². The topological polar surface area (TPSA) is 48.5 Å². The van der Waals surface area contributed by atoms with Crippen molar-refractivity contribution in [3.63, 3.8) is 0 Å². The predicted molar refractivity (Wildman–Crippen MR) is 106 cm³/mol. The first kappa shape index (κ1) is 18.5. The standard InChI is InChI=1S/C20H25ClN4O/c1-2-24(14-16-8-5-6-12-22-16)20(26)23-17-9-7-13-25(15-17)19-11-4-3-10-18(19)21/h3-6,8,10-12,17H,2,7,9,13-15H2,1H3,(H,23,26). The van der Waals surface area contributed by atoms with Crippen LogP contribution in [0.2, 0.25) is 5.02 Å². The van der Waals surface area contributed by atoms with Gasteiger partial charge in [0.2, 0.25) is 0 Å². The number of nitrogens with one attached hydrogen (secondary N) is 1. The number of carbonyl (C=O) groups is 1. The largest absolute Gasteiger partial charge is 0.368 e. The van der Waals surface area contributed by atoms with Crippen LogP contribution in [0.4, 0.5) is 10.5 Å². The summed E-state index contributed by atoms with van der Waals surface area (Å²) in [6.45, 7) is 4.88. The Bertz CT molecular complexity index is 725. The van der Waals surface area contributed by atoms with Crippen LogP contribution in [-0.4, -0.2) is 41.6 Å². The Hall–Kier alpha value is -2.27. The number of aromatic nitrogens is 1. The van der Waals surface area contributed by atoms with Gasteiger partial charge in [0.15, 0.2) is 0 Å². The number of halogens is 1. The summed E-state index contributed by atoms with van der Waals surface area (Å²) in [5.41, 5.74) is 1.93. The molecule has 0 radical (unpaired) electrons. The van der Waals surface area contributed by atoms with Crippen molar-refractivity contribution in [3.05, 3.63) is 59.4 Å². The normalized spacial score (nSPS) is 17.0. The number of hydrogen-bond donors (Lipinski definition) is 1. The van der Waals surface area contributed by atoms with Crippen molar-refractivity contribution in [3.8, 4) is 0 Å². The fraction of sp³-hybridized carbons (Fsp3) is 0.400. The van der Waals surface area contributed by atoms with Crippen molar-refractivity contribution >= 4 is 23.3 Å². The molecule has 26 heavy (non-hydrogen) atoms. The van der Waals surface area contributed by atoms with Gasteiger partial charge < -0.3 is 15.1 Å². The third-order valence-electron chi connectivity index (χ3n) is 4.69. The predicted octanol–water partition coefficient (Wildman–Crippen LogP) is 3.94. The molecular weight excluding hydrogens is 348 g/mol. The highest BCUT2D eigenvalue weighted by atomic mass is 35.5. The number of pyridine rings is 1. The van der Waals surface area contributed by atoms with Gasteiger partial charge in [0.25, 0.3) is 0 Å². The SMILES string of the molecule is CCN(Cc1ccccn1)C(=O)NC1CCCN(c2ccccc2Cl)C1. The highest BCUT2D eigenvalue weighted by Gasteiger charge is 2.24. The van der Waals surface area contributed by atoms with E-state index in [1.807, 2.05) is 49.4 Å². The third-order valence-corrected chi connectivity index (χ3v) is 5.01. The third kappa shape index (κ3) is 4.67. The van der Waals surface area contributed by atoms with E-state index >= 15 is 0 Å². The molecule has 1 saturated heterocycles. The lowest BCUT2D eigenvalue weighted by Crippen LogP contribution is -2.51. The summed E-state index contributed by atoms with van der Waals surface area (Å²) in [4.78, 5) is 21.1. The number of nitrogens with zero attached hydrogens (tertiary/aromatic N) is 3. The minimum Gasteiger partial charge on any atom is -0.368 e. The molecule has 138 valence electrons. The first-order valence-electron chi connectivity index (χ1n) is 9.12. The van der Waals surface area contributed by atoms with Gasteiger partial charge in [0.1, 0.15) is 0 Å². The van der Waals surface area contributed by atoms with Crippen LogP contribution < -0.4 is 10.2 Å². The molecule has 1 aliphatic heterocycles. The number of anilines is 1. The summed E-state index contributed by atoms with van der Waals surface area (Å²) in [6, 6.07) is 13.7. The number of piperidine rings is 1. The highest BCUT2D eigenvalue weighted by molar-refractivity contribution is 6.33. The molecular formula is C20H25ClN4O. The van der Waals surface area contributed by atoms with E-state index in [0.29, 0.717) is 13.1 Å². The average molecular weight is 373 g/mol. The maximum Gasteiger partial charge on any atom is 0.318 e. The maximum atomic E-state index is 12.7. The molecule has 1 N–H and O–H groups in total. The molecule has 1 fully saturated rings. The zero-order chi connectivity index (χ0) is 18.4. The first-order valence-corrected chi connectivity index (χ1v) is 9.50. The molecule has 6 heteroatoms. The van der Waals surface area contributed by atoms with Gasteiger partial charge in [-0.3, -0.25) is 4.98 Å². The number of carbonyl (C=O) groups excluding carboxylic acids is 1. The van der Waals surface area contributed by atoms with Gasteiger partial charge in [0.05, 0.1) is 22.9 Å². The zero-order valence-electron chi connectivity index (χ0n) is 15.1. The van der Waals surface area contributed by atoms with Crippen molar-refractivity contribution in [1.29, 1.82) is 0 Å². The lowest BCUT2D eigenvalue weighted by atomic mass is 10.0. The van der Waals surface area contributed by atoms with E-state index in [9.17, 15) is 4.79 Å². The van der Waals surface area contributed by atoms with Gasteiger partial charge in [-0.15, -0.1) is 0 Å². The second kappa shape index (κ2) is 8.90. The number of rotatable bonds is 5. The van der Waals surface area contributed by atoms with Gasteiger partial charge in [-0.2, -0.15) is 0 Å². The smallest absolute Gasteiger partial charge is 0.318 e. The summed E-state index contributed by atoms with van der Waals surface area (Å²) in [5, 5.41) is 3.94. The minimum absolute atomic E-state index is 0.0378. The van der Waals surface area contributed by atoms with Gasteiger partial charge in [-0.05, 0) is 44.0 Å². The molecule has 1 unspecified atom stereocenters. The second-order valence-electron chi connectivity index (χ2n) is 6.52. The van der Waals surface area contributed by atoms with E-state index in [-0.39, 0.29) is 12.1 Å². The summed E-state index contributed by atoms with van der Waals surface area (Å²) < 4.78 is 0. The van der Waals surface area contributed by atoms with Crippen molar-refractivity contribution in [1.82, 2.24) is 15.2 Å². The van der Waals surface area contributed by atoms with Crippen molar-refractivity contribution in [2.75, 3.05) is 24.5 Å². The van der Waals surface area contributed by atoms with Crippen LogP contribution >= 0.6 is 11.6 Å². The van der Waals surface area contributed by atoms with E-state index in [4.69, 9.17) is 11.6 Å². The summed E-state index contributed by atoms with van der Waals surface area (Å²) in [6.07, 6.45) is 3.76. The van der Waals surface area contributed by atoms with Crippen LogP contribution in [-0.2, 0) is 6.54 Å². The van der Waals surface area contributed by atoms with Crippen LogP contribution in [0, 0.1) is 0 Å². The quantitative estimate of drug-likeness (QED) is 0.864. The van der Waals surface area contributed by atoms with Gasteiger partial charge in [0, 0.05) is 31.9 Å². The van der Waals surface area contributed by atoms with Gasteiger partial charge in [-0.1, -0.05) is 29.8 Å². The molecule has 0 saturated carbocycles. The molecule has 1 atom stereocenters. The van der Waals surface area contributed by atoms with Crippen molar-refractivity contribution in [2.24, 2.45) is 0 Å². The Morgan fingerprint density at radius 3 is 2.85 bits per heavy atom. The first-order chi connectivity index (χ1) is 12.7. The van der Waals surface area contributed by atoms with Gasteiger partial charge in [-0.25, -0.2) is 4.79 Å². The number of hydrogen-bond acceptors (Lipinski definition) is 3.